The molecule has 2 rings (SSSR count). The van der Waals surface area contributed by atoms with Gasteiger partial charge in [0, 0.05) is 6.07 Å². The lowest BCUT2D eigenvalue weighted by molar-refractivity contribution is -0.385. The molecule has 0 amide bonds. The fraction of sp³-hybridized carbons (Fsp3) is 0.143. The Bertz CT molecular complexity index is 661. The van der Waals surface area contributed by atoms with E-state index in [1.54, 1.807) is 24.3 Å². The number of hydrogen-bond donors (Lipinski definition) is 0. The van der Waals surface area contributed by atoms with Gasteiger partial charge in [0.05, 0.1) is 9.40 Å². The fourth-order valence-electron chi connectivity index (χ4n) is 1.67. The Hall–Kier alpha value is -1.95. The number of ether oxygens (including phenoxy) is 1. The van der Waals surface area contributed by atoms with Crippen LogP contribution >= 0.6 is 15.9 Å². The molecule has 104 valence electrons. The van der Waals surface area contributed by atoms with E-state index in [0.29, 0.717) is 10.0 Å². The molecule has 0 aliphatic carbocycles. The predicted molar refractivity (Wildman–Crippen MR) is 76.3 cm³/mol. The second-order valence-corrected chi connectivity index (χ2v) is 5.12. The Morgan fingerprint density at radius 1 is 1.30 bits per heavy atom. The van der Waals surface area contributed by atoms with Gasteiger partial charge in [0.1, 0.15) is 6.61 Å². The molecule has 0 aliphatic heterocycles. The summed E-state index contributed by atoms with van der Waals surface area (Å²) < 4.78 is 19.3. The number of halogens is 2. The van der Waals surface area contributed by atoms with Crippen LogP contribution in [0.3, 0.4) is 0 Å². The van der Waals surface area contributed by atoms with Gasteiger partial charge in [0.15, 0.2) is 11.6 Å². The molecule has 0 aromatic heterocycles. The van der Waals surface area contributed by atoms with Crippen LogP contribution in [0.4, 0.5) is 10.1 Å². The van der Waals surface area contributed by atoms with Crippen LogP contribution < -0.4 is 4.74 Å². The highest BCUT2D eigenvalue weighted by molar-refractivity contribution is 9.10. The maximum Gasteiger partial charge on any atom is 0.283 e. The molecule has 0 spiro atoms. The minimum Gasteiger partial charge on any atom is -0.486 e. The summed E-state index contributed by atoms with van der Waals surface area (Å²) in [5.41, 5.74) is 1.43. The molecule has 0 aliphatic rings. The Balaban J connectivity index is 2.17. The molecule has 20 heavy (non-hydrogen) atoms. The molecule has 2 aromatic carbocycles. The highest BCUT2D eigenvalue weighted by Crippen LogP contribution is 2.26. The first kappa shape index (κ1) is 14.5. The zero-order valence-corrected chi connectivity index (χ0v) is 12.2. The van der Waals surface area contributed by atoms with E-state index in [9.17, 15) is 14.5 Å². The lowest BCUT2D eigenvalue weighted by Gasteiger charge is -2.08. The van der Waals surface area contributed by atoms with Crippen molar-refractivity contribution in [1.29, 1.82) is 0 Å². The van der Waals surface area contributed by atoms with Crippen LogP contribution in [0.1, 0.15) is 11.1 Å². The molecule has 0 saturated carbocycles. The number of aryl methyl sites for hydroxylation is 1. The molecular weight excluding hydrogens is 329 g/mol. The highest BCUT2D eigenvalue weighted by Gasteiger charge is 2.13. The lowest BCUT2D eigenvalue weighted by atomic mass is 10.2. The van der Waals surface area contributed by atoms with Gasteiger partial charge in [-0.25, -0.2) is 4.39 Å². The third-order valence-corrected chi connectivity index (χ3v) is 3.36. The van der Waals surface area contributed by atoms with Crippen molar-refractivity contribution in [1.82, 2.24) is 0 Å². The van der Waals surface area contributed by atoms with Gasteiger partial charge in [-0.05, 0) is 52.2 Å². The number of nitro groups is 1. The quantitative estimate of drug-likeness (QED) is 0.613. The van der Waals surface area contributed by atoms with Gasteiger partial charge < -0.3 is 4.74 Å². The van der Waals surface area contributed by atoms with Crippen LogP contribution in [0.2, 0.25) is 0 Å². The predicted octanol–water partition coefficient (Wildman–Crippen LogP) is 4.38. The van der Waals surface area contributed by atoms with Crippen molar-refractivity contribution < 1.29 is 14.1 Å². The zero-order valence-electron chi connectivity index (χ0n) is 10.6. The molecule has 2 aromatic rings. The van der Waals surface area contributed by atoms with Crippen molar-refractivity contribution in [3.05, 3.63) is 67.9 Å². The van der Waals surface area contributed by atoms with Crippen molar-refractivity contribution in [2.24, 2.45) is 0 Å². The normalized spacial score (nSPS) is 10.3. The van der Waals surface area contributed by atoms with Crippen LogP contribution in [0, 0.1) is 22.9 Å². The molecule has 0 N–H and O–H groups in total. The van der Waals surface area contributed by atoms with Gasteiger partial charge in [0.2, 0.25) is 0 Å². The average molecular weight is 340 g/mol. The number of nitrogens with zero attached hydrogens (tertiary/aromatic N) is 1. The molecule has 0 fully saturated rings. The molecule has 6 heteroatoms. The Morgan fingerprint density at radius 2 is 2.05 bits per heavy atom. The highest BCUT2D eigenvalue weighted by atomic mass is 79.9. The van der Waals surface area contributed by atoms with E-state index in [4.69, 9.17) is 4.74 Å². The average Bonchev–Trinajstić information content (AvgIpc) is 2.41. The number of hydrogen-bond acceptors (Lipinski definition) is 3. The smallest absolute Gasteiger partial charge is 0.283 e. The van der Waals surface area contributed by atoms with Crippen molar-refractivity contribution in [2.45, 2.75) is 13.5 Å². The molecule has 0 unspecified atom stereocenters. The molecule has 0 heterocycles. The molecule has 0 radical (unpaired) electrons. The van der Waals surface area contributed by atoms with Crippen LogP contribution in [-0.4, -0.2) is 4.92 Å². The number of benzene rings is 2. The summed E-state index contributed by atoms with van der Waals surface area (Å²) in [7, 11) is 0. The van der Waals surface area contributed by atoms with E-state index in [0.717, 1.165) is 5.56 Å². The van der Waals surface area contributed by atoms with Gasteiger partial charge in [0.25, 0.3) is 5.69 Å². The standard InChI is InChI=1S/C14H11BrFNO3/c1-9-2-5-12(16)14(6-9)20-8-10-3-4-11(15)13(7-10)17(18)19/h2-7H,8H2,1H3. The van der Waals surface area contributed by atoms with Crippen molar-refractivity contribution in [2.75, 3.05) is 0 Å². The first-order chi connectivity index (χ1) is 9.47. The largest absolute Gasteiger partial charge is 0.486 e. The Labute approximate surface area is 123 Å². The van der Waals surface area contributed by atoms with Gasteiger partial charge in [-0.2, -0.15) is 0 Å². The number of nitro benzene ring substituents is 1. The third-order valence-electron chi connectivity index (χ3n) is 2.69. The van der Waals surface area contributed by atoms with Gasteiger partial charge in [-0.15, -0.1) is 0 Å². The van der Waals surface area contributed by atoms with E-state index in [1.807, 2.05) is 6.92 Å². The van der Waals surface area contributed by atoms with Gasteiger partial charge >= 0.3 is 0 Å². The summed E-state index contributed by atoms with van der Waals surface area (Å²) in [5.74, 6) is -0.321. The molecule has 0 bridgehead atoms. The second kappa shape index (κ2) is 6.00. The molecular formula is C14H11BrFNO3. The molecule has 0 atom stereocenters. The van der Waals surface area contributed by atoms with E-state index in [2.05, 4.69) is 15.9 Å². The fourth-order valence-corrected chi connectivity index (χ4v) is 2.06. The first-order valence-electron chi connectivity index (χ1n) is 5.79. The Kier molecular flexibility index (Phi) is 4.34. The van der Waals surface area contributed by atoms with Crippen molar-refractivity contribution in [3.63, 3.8) is 0 Å². The van der Waals surface area contributed by atoms with Crippen LogP contribution in [0.25, 0.3) is 0 Å². The summed E-state index contributed by atoms with van der Waals surface area (Å²) >= 11 is 3.11. The Morgan fingerprint density at radius 3 is 2.75 bits per heavy atom. The van der Waals surface area contributed by atoms with Crippen molar-refractivity contribution in [3.8, 4) is 5.75 Å². The molecule has 4 nitrogen and oxygen atoms in total. The summed E-state index contributed by atoms with van der Waals surface area (Å²) in [6.07, 6.45) is 0. The lowest BCUT2D eigenvalue weighted by Crippen LogP contribution is -1.99. The second-order valence-electron chi connectivity index (χ2n) is 4.27. The zero-order chi connectivity index (χ0) is 14.7. The van der Waals surface area contributed by atoms with Gasteiger partial charge in [-0.3, -0.25) is 10.1 Å². The van der Waals surface area contributed by atoms with Crippen LogP contribution in [0.15, 0.2) is 40.9 Å². The minimum atomic E-state index is -0.485. The summed E-state index contributed by atoms with van der Waals surface area (Å²) in [6, 6.07) is 9.22. The maximum atomic E-state index is 13.5. The maximum absolute atomic E-state index is 13.5. The van der Waals surface area contributed by atoms with Crippen LogP contribution in [-0.2, 0) is 6.61 Å². The van der Waals surface area contributed by atoms with E-state index in [1.165, 1.54) is 12.1 Å². The summed E-state index contributed by atoms with van der Waals surface area (Å²) in [5, 5.41) is 10.8. The SMILES string of the molecule is Cc1ccc(F)c(OCc2ccc(Br)c([N+](=O)[O-])c2)c1. The van der Waals surface area contributed by atoms with Crippen molar-refractivity contribution >= 4 is 21.6 Å². The first-order valence-corrected chi connectivity index (χ1v) is 6.58. The van der Waals surface area contributed by atoms with E-state index >= 15 is 0 Å². The van der Waals surface area contributed by atoms with Gasteiger partial charge in [-0.1, -0.05) is 12.1 Å². The van der Waals surface area contributed by atoms with Crippen LogP contribution in [0.5, 0.6) is 5.75 Å². The minimum absolute atomic E-state index is 0.0455. The summed E-state index contributed by atoms with van der Waals surface area (Å²) in [4.78, 5) is 10.3. The van der Waals surface area contributed by atoms with E-state index < -0.39 is 10.7 Å². The summed E-state index contributed by atoms with van der Waals surface area (Å²) in [6.45, 7) is 1.89. The third kappa shape index (κ3) is 3.33. The number of rotatable bonds is 4. The topological polar surface area (TPSA) is 52.4 Å². The molecule has 0 saturated heterocycles. The monoisotopic (exact) mass is 339 g/mol. The van der Waals surface area contributed by atoms with E-state index in [-0.39, 0.29) is 18.0 Å².